The Kier molecular flexibility index (Phi) is 6.53. The molecule has 2 spiro atoms. The molecule has 49 heavy (non-hydrogen) atoms. The van der Waals surface area contributed by atoms with Crippen LogP contribution in [-0.4, -0.2) is 28.7 Å². The van der Waals surface area contributed by atoms with Gasteiger partial charge in [0, 0.05) is 33.9 Å². The van der Waals surface area contributed by atoms with Crippen molar-refractivity contribution in [3.63, 3.8) is 0 Å². The average molecular weight is 656 g/mol. The first-order valence-electron chi connectivity index (χ1n) is 15.9. The Morgan fingerprint density at radius 3 is 1.37 bits per heavy atom. The van der Waals surface area contributed by atoms with Gasteiger partial charge in [-0.15, -0.1) is 0 Å². The molecule has 0 aromatic heterocycles. The molecule has 0 amide bonds. The van der Waals surface area contributed by atoms with E-state index >= 15 is 19.2 Å². The van der Waals surface area contributed by atoms with Crippen LogP contribution in [0.4, 0.5) is 18.9 Å². The third kappa shape index (κ3) is 3.94. The van der Waals surface area contributed by atoms with Gasteiger partial charge in [-0.1, -0.05) is 108 Å². The Bertz CT molecular complexity index is 2150. The number of halogens is 3. The van der Waals surface area contributed by atoms with Crippen molar-refractivity contribution in [2.24, 2.45) is 5.41 Å². The average Bonchev–Trinajstić information content (AvgIpc) is 3.60. The van der Waals surface area contributed by atoms with Gasteiger partial charge in [-0.25, -0.2) is 0 Å². The van der Waals surface area contributed by atoms with E-state index in [2.05, 4.69) is 0 Å². The van der Waals surface area contributed by atoms with Crippen LogP contribution in [0.2, 0.25) is 0 Å². The minimum Gasteiger partial charge on any atom is -0.343 e. The number of anilines is 1. The molecule has 1 fully saturated rings. The van der Waals surface area contributed by atoms with Gasteiger partial charge in [0.25, 0.3) is 0 Å². The van der Waals surface area contributed by atoms with Crippen molar-refractivity contribution >= 4 is 28.8 Å². The SMILES string of the molecule is Cc1ccc([C@H]2N(c3ccc(C(F)(F)F)cc3)C3(C(=O)c4ccccc4C3=O)[C@@H](c3ccc(C)cc3)C23C(=O)c2ccccc2C3=O)cc1. The summed E-state index contributed by atoms with van der Waals surface area (Å²) < 4.78 is 41.6. The minimum absolute atomic E-state index is 0.0959. The van der Waals surface area contributed by atoms with Gasteiger partial charge in [-0.05, 0) is 49.2 Å². The van der Waals surface area contributed by atoms with Crippen molar-refractivity contribution in [1.82, 2.24) is 0 Å². The molecule has 5 aromatic rings. The molecule has 1 saturated heterocycles. The molecule has 8 rings (SSSR count). The fraction of sp³-hybridized carbons (Fsp3) is 0.171. The summed E-state index contributed by atoms with van der Waals surface area (Å²) >= 11 is 0. The molecule has 242 valence electrons. The lowest BCUT2D eigenvalue weighted by Crippen LogP contribution is -2.57. The Morgan fingerprint density at radius 2 is 0.939 bits per heavy atom. The first kappa shape index (κ1) is 30.7. The highest BCUT2D eigenvalue weighted by molar-refractivity contribution is 6.39. The lowest BCUT2D eigenvalue weighted by molar-refractivity contribution is -0.137. The number of aryl methyl sites for hydroxylation is 2. The van der Waals surface area contributed by atoms with E-state index in [-0.39, 0.29) is 27.9 Å². The van der Waals surface area contributed by atoms with Crippen LogP contribution in [0.25, 0.3) is 0 Å². The number of hydrogen-bond donors (Lipinski definition) is 0. The zero-order chi connectivity index (χ0) is 34.5. The Labute approximate surface area is 280 Å². The zero-order valence-electron chi connectivity index (χ0n) is 26.4. The summed E-state index contributed by atoms with van der Waals surface area (Å²) in [7, 11) is 0. The van der Waals surface area contributed by atoms with Gasteiger partial charge in [-0.3, -0.25) is 19.2 Å². The van der Waals surface area contributed by atoms with Gasteiger partial charge in [0.15, 0.2) is 28.7 Å². The first-order valence-corrected chi connectivity index (χ1v) is 15.9. The molecular formula is C41H28F3NO4. The molecule has 1 heterocycles. The maximum atomic E-state index is 15.3. The summed E-state index contributed by atoms with van der Waals surface area (Å²) in [5.41, 5.74) is -1.89. The number of hydrogen-bond acceptors (Lipinski definition) is 5. The number of carbonyl (C=O) groups is 4. The van der Waals surface area contributed by atoms with Crippen molar-refractivity contribution in [2.75, 3.05) is 4.90 Å². The fourth-order valence-electron chi connectivity index (χ4n) is 8.43. The maximum absolute atomic E-state index is 15.3. The zero-order valence-corrected chi connectivity index (χ0v) is 26.4. The maximum Gasteiger partial charge on any atom is 0.416 e. The van der Waals surface area contributed by atoms with E-state index in [0.717, 1.165) is 23.3 Å². The van der Waals surface area contributed by atoms with Crippen molar-refractivity contribution < 1.29 is 32.3 Å². The van der Waals surface area contributed by atoms with Crippen LogP contribution >= 0.6 is 0 Å². The molecule has 5 aromatic carbocycles. The summed E-state index contributed by atoms with van der Waals surface area (Å²) in [5, 5.41) is 0. The van der Waals surface area contributed by atoms with Crippen molar-refractivity contribution in [3.8, 4) is 0 Å². The molecule has 8 heteroatoms. The highest BCUT2D eigenvalue weighted by Crippen LogP contribution is 2.69. The van der Waals surface area contributed by atoms with E-state index in [4.69, 9.17) is 0 Å². The van der Waals surface area contributed by atoms with Crippen LogP contribution in [0.3, 0.4) is 0 Å². The van der Waals surface area contributed by atoms with Crippen LogP contribution < -0.4 is 4.90 Å². The standard InChI is InChI=1S/C41H28F3NO4/c1-23-11-15-25(16-12-23)33-39(35(46)29-7-3-4-8-30(29)36(39)47)34(26-17-13-24(2)14-18-26)45(28-21-19-27(20-22-28)41(42,43)44)40(33)37(48)31-9-5-6-10-32(31)38(40)49/h3-22,33-34H,1-2H3/t33-,34+/m0/s1. The lowest BCUT2D eigenvalue weighted by atomic mass is 9.59. The number of rotatable bonds is 3. The molecule has 3 aliphatic rings. The largest absolute Gasteiger partial charge is 0.416 e. The number of ketones is 4. The second-order valence-corrected chi connectivity index (χ2v) is 13.1. The van der Waals surface area contributed by atoms with E-state index in [1.54, 1.807) is 84.9 Å². The Morgan fingerprint density at radius 1 is 0.531 bits per heavy atom. The van der Waals surface area contributed by atoms with E-state index in [1.165, 1.54) is 17.0 Å². The molecule has 0 bridgehead atoms. The summed E-state index contributed by atoms with van der Waals surface area (Å²) in [6.07, 6.45) is -4.66. The summed E-state index contributed by atoms with van der Waals surface area (Å²) in [6.45, 7) is 3.75. The molecular weight excluding hydrogens is 627 g/mol. The predicted molar refractivity (Wildman–Crippen MR) is 177 cm³/mol. The number of benzene rings is 5. The number of alkyl halides is 3. The van der Waals surface area contributed by atoms with Gasteiger partial charge in [0.2, 0.25) is 0 Å². The second kappa shape index (κ2) is 10.4. The van der Waals surface area contributed by atoms with Gasteiger partial charge < -0.3 is 4.90 Å². The molecule has 2 aliphatic carbocycles. The topological polar surface area (TPSA) is 71.5 Å². The van der Waals surface area contributed by atoms with Crippen LogP contribution in [0, 0.1) is 19.3 Å². The summed E-state index contributed by atoms with van der Waals surface area (Å²) in [6, 6.07) is 30.0. The van der Waals surface area contributed by atoms with E-state index in [9.17, 15) is 13.2 Å². The minimum atomic E-state index is -4.66. The van der Waals surface area contributed by atoms with Gasteiger partial charge >= 0.3 is 6.18 Å². The van der Waals surface area contributed by atoms with Gasteiger partial charge in [0.1, 0.15) is 5.41 Å². The first-order chi connectivity index (χ1) is 23.4. The van der Waals surface area contributed by atoms with Crippen molar-refractivity contribution in [1.29, 1.82) is 0 Å². The second-order valence-electron chi connectivity index (χ2n) is 13.1. The highest BCUT2D eigenvalue weighted by atomic mass is 19.4. The number of fused-ring (bicyclic) bond motifs is 2. The number of Topliss-reactive ketones (excluding diaryl/α,β-unsaturated/α-hetero) is 4. The third-order valence-electron chi connectivity index (χ3n) is 10.5. The monoisotopic (exact) mass is 655 g/mol. The molecule has 0 radical (unpaired) electrons. The molecule has 2 atom stereocenters. The van der Waals surface area contributed by atoms with Gasteiger partial charge in [-0.2, -0.15) is 13.2 Å². The predicted octanol–water partition coefficient (Wildman–Crippen LogP) is 8.55. The van der Waals surface area contributed by atoms with E-state index < -0.39 is 57.8 Å². The third-order valence-corrected chi connectivity index (χ3v) is 10.5. The van der Waals surface area contributed by atoms with Crippen LogP contribution in [-0.2, 0) is 6.18 Å². The van der Waals surface area contributed by atoms with Crippen LogP contribution in [0.15, 0.2) is 121 Å². The highest BCUT2D eigenvalue weighted by Gasteiger charge is 2.81. The van der Waals surface area contributed by atoms with Crippen molar-refractivity contribution in [3.05, 3.63) is 171 Å². The van der Waals surface area contributed by atoms with Gasteiger partial charge in [0.05, 0.1) is 11.6 Å². The van der Waals surface area contributed by atoms with Crippen molar-refractivity contribution in [2.45, 2.75) is 37.5 Å². The molecule has 1 aliphatic heterocycles. The summed E-state index contributed by atoms with van der Waals surface area (Å²) in [4.78, 5) is 62.7. The normalized spacial score (nSPS) is 20.4. The van der Waals surface area contributed by atoms with E-state index in [0.29, 0.717) is 11.1 Å². The quantitative estimate of drug-likeness (QED) is 0.182. The number of nitrogens with zero attached hydrogens (tertiary/aromatic N) is 1. The Hall–Kier alpha value is -5.63. The number of carbonyl (C=O) groups excluding carboxylic acids is 4. The molecule has 5 nitrogen and oxygen atoms in total. The summed E-state index contributed by atoms with van der Waals surface area (Å²) in [5.74, 6) is -3.70. The Balaban J connectivity index is 1.55. The molecule has 0 unspecified atom stereocenters. The van der Waals surface area contributed by atoms with E-state index in [1.807, 2.05) is 26.0 Å². The lowest BCUT2D eigenvalue weighted by Gasteiger charge is -2.40. The molecule has 0 N–H and O–H groups in total. The fourth-order valence-corrected chi connectivity index (χ4v) is 8.43. The molecule has 0 saturated carbocycles. The van der Waals surface area contributed by atoms with Crippen LogP contribution in [0.5, 0.6) is 0 Å². The van der Waals surface area contributed by atoms with Crippen LogP contribution in [0.1, 0.15) is 81.2 Å². The smallest absolute Gasteiger partial charge is 0.343 e.